The molecule has 0 aliphatic heterocycles. The van der Waals surface area contributed by atoms with Crippen molar-refractivity contribution < 1.29 is 14.3 Å². The zero-order valence-corrected chi connectivity index (χ0v) is 22.9. The monoisotopic (exact) mass is 515 g/mol. The van der Waals surface area contributed by atoms with Crippen molar-refractivity contribution >= 4 is 34.1 Å². The van der Waals surface area contributed by atoms with Crippen LogP contribution in [-0.2, 0) is 17.6 Å². The van der Waals surface area contributed by atoms with Crippen LogP contribution < -0.4 is 14.8 Å². The van der Waals surface area contributed by atoms with Crippen LogP contribution in [0.25, 0.3) is 0 Å². The molecule has 1 N–H and O–H groups in total. The highest BCUT2D eigenvalue weighted by Gasteiger charge is 2.32. The molecule has 192 valence electrons. The fraction of sp³-hybridized carbons (Fsp3) is 0.367. The van der Waals surface area contributed by atoms with Crippen LogP contribution in [0.5, 0.6) is 11.5 Å². The molecule has 0 spiro atoms. The zero-order valence-electron chi connectivity index (χ0n) is 22.1. The molecule has 37 heavy (non-hydrogen) atoms. The summed E-state index contributed by atoms with van der Waals surface area (Å²) in [4.78, 5) is 18.3. The summed E-state index contributed by atoms with van der Waals surface area (Å²) in [5, 5.41) is 13.4. The Hall–Kier alpha value is -3.63. The Morgan fingerprint density at radius 2 is 2.05 bits per heavy atom. The molecule has 1 amide bonds. The van der Waals surface area contributed by atoms with Gasteiger partial charge in [0.1, 0.15) is 11.1 Å². The maximum atomic E-state index is 12.3. The molecule has 1 aliphatic rings. The second-order valence-corrected chi connectivity index (χ2v) is 11.6. The Morgan fingerprint density at radius 1 is 1.24 bits per heavy atom. The molecule has 2 aromatic carbocycles. The molecule has 0 unspecified atom stereocenters. The number of nitrogens with one attached hydrogen (secondary N) is 1. The van der Waals surface area contributed by atoms with E-state index in [0.29, 0.717) is 23.0 Å². The molecular weight excluding hydrogens is 482 g/mol. The Kier molecular flexibility index (Phi) is 7.99. The Labute approximate surface area is 223 Å². The standard InChI is InChI=1S/C30H33N3O3S/c1-19-7-6-8-22(13-19)33-28(34)18-36-25-12-9-20(14-26(25)35-5)17-32-29-24(16-31)23-11-10-21(30(2,3)4)15-27(23)37-29/h6-9,12-14,17,21H,10-11,15,18H2,1-5H3,(H,33,34)/t21-/m0/s1. The van der Waals surface area contributed by atoms with Crippen molar-refractivity contribution in [2.75, 3.05) is 19.0 Å². The lowest BCUT2D eigenvalue weighted by molar-refractivity contribution is -0.118. The van der Waals surface area contributed by atoms with Gasteiger partial charge in [0, 0.05) is 16.8 Å². The number of fused-ring (bicyclic) bond motifs is 1. The van der Waals surface area contributed by atoms with Crippen molar-refractivity contribution in [2.45, 2.75) is 47.0 Å². The summed E-state index contributed by atoms with van der Waals surface area (Å²) < 4.78 is 11.2. The Balaban J connectivity index is 1.45. The number of nitrogens with zero attached hydrogens (tertiary/aromatic N) is 2. The van der Waals surface area contributed by atoms with E-state index in [1.54, 1.807) is 30.7 Å². The van der Waals surface area contributed by atoms with Crippen LogP contribution in [0.15, 0.2) is 47.5 Å². The van der Waals surface area contributed by atoms with E-state index in [9.17, 15) is 10.1 Å². The lowest BCUT2D eigenvalue weighted by Gasteiger charge is -2.33. The number of ether oxygens (including phenoxy) is 2. The number of nitriles is 1. The van der Waals surface area contributed by atoms with E-state index in [4.69, 9.17) is 9.47 Å². The van der Waals surface area contributed by atoms with Gasteiger partial charge in [-0.15, -0.1) is 11.3 Å². The van der Waals surface area contributed by atoms with Crippen LogP contribution in [-0.4, -0.2) is 25.8 Å². The highest BCUT2D eigenvalue weighted by Crippen LogP contribution is 2.45. The van der Waals surface area contributed by atoms with Crippen LogP contribution in [0.1, 0.15) is 54.3 Å². The minimum atomic E-state index is -0.252. The molecule has 1 atom stereocenters. The van der Waals surface area contributed by atoms with E-state index < -0.39 is 0 Å². The molecule has 0 radical (unpaired) electrons. The zero-order chi connectivity index (χ0) is 26.6. The minimum Gasteiger partial charge on any atom is -0.493 e. The lowest BCUT2D eigenvalue weighted by Crippen LogP contribution is -2.26. The Morgan fingerprint density at radius 3 is 2.76 bits per heavy atom. The molecule has 0 fully saturated rings. The van der Waals surface area contributed by atoms with Crippen molar-refractivity contribution in [3.8, 4) is 17.6 Å². The van der Waals surface area contributed by atoms with E-state index in [2.05, 4.69) is 37.1 Å². The summed E-state index contributed by atoms with van der Waals surface area (Å²) in [7, 11) is 1.56. The number of aliphatic imine (C=N–C) groups is 1. The summed E-state index contributed by atoms with van der Waals surface area (Å²) in [5.41, 5.74) is 4.74. The van der Waals surface area contributed by atoms with Crippen molar-refractivity contribution in [3.05, 3.63) is 69.6 Å². The SMILES string of the molecule is COc1cc(C=Nc2sc3c(c2C#N)CC[C@H](C(C)(C)C)C3)ccc1OCC(=O)Nc1cccc(C)c1. The quantitative estimate of drug-likeness (QED) is 0.349. The number of hydrogen-bond donors (Lipinski definition) is 1. The fourth-order valence-electron chi connectivity index (χ4n) is 4.60. The summed E-state index contributed by atoms with van der Waals surface area (Å²) in [6.07, 6.45) is 4.79. The second-order valence-electron chi connectivity index (χ2n) is 10.5. The van der Waals surface area contributed by atoms with Crippen LogP contribution in [0, 0.1) is 29.6 Å². The molecule has 1 heterocycles. The van der Waals surface area contributed by atoms with E-state index in [1.165, 1.54) is 10.4 Å². The molecule has 7 heteroatoms. The maximum Gasteiger partial charge on any atom is 0.262 e. The van der Waals surface area contributed by atoms with Gasteiger partial charge < -0.3 is 14.8 Å². The molecule has 1 aliphatic carbocycles. The molecule has 0 saturated carbocycles. The summed E-state index contributed by atoms with van der Waals surface area (Å²) >= 11 is 1.63. The van der Waals surface area contributed by atoms with Gasteiger partial charge in [0.15, 0.2) is 18.1 Å². The third-order valence-electron chi connectivity index (χ3n) is 6.76. The van der Waals surface area contributed by atoms with Crippen molar-refractivity contribution in [1.29, 1.82) is 5.26 Å². The molecule has 1 aromatic heterocycles. The van der Waals surface area contributed by atoms with Gasteiger partial charge in [-0.3, -0.25) is 4.79 Å². The molecule has 4 rings (SSSR count). The number of methoxy groups -OCH3 is 1. The van der Waals surface area contributed by atoms with E-state index >= 15 is 0 Å². The number of anilines is 1. The van der Waals surface area contributed by atoms with Gasteiger partial charge >= 0.3 is 0 Å². The first-order chi connectivity index (χ1) is 17.7. The van der Waals surface area contributed by atoms with E-state index in [1.807, 2.05) is 43.3 Å². The Bertz CT molecular complexity index is 1360. The third-order valence-corrected chi connectivity index (χ3v) is 7.92. The molecule has 3 aromatic rings. The highest BCUT2D eigenvalue weighted by molar-refractivity contribution is 7.16. The predicted molar refractivity (Wildman–Crippen MR) is 150 cm³/mol. The minimum absolute atomic E-state index is 0.139. The number of aryl methyl sites for hydroxylation is 1. The molecule has 6 nitrogen and oxygen atoms in total. The molecular formula is C30H33N3O3S. The van der Waals surface area contributed by atoms with Crippen LogP contribution in [0.2, 0.25) is 0 Å². The maximum absolute atomic E-state index is 12.3. The number of thiophene rings is 1. The predicted octanol–water partition coefficient (Wildman–Crippen LogP) is 6.86. The van der Waals surface area contributed by atoms with Crippen LogP contribution >= 0.6 is 11.3 Å². The van der Waals surface area contributed by atoms with Gasteiger partial charge in [-0.1, -0.05) is 32.9 Å². The van der Waals surface area contributed by atoms with Gasteiger partial charge in [-0.05, 0) is 84.5 Å². The number of benzene rings is 2. The molecule has 0 saturated heterocycles. The van der Waals surface area contributed by atoms with Gasteiger partial charge in [-0.2, -0.15) is 5.26 Å². The second kappa shape index (κ2) is 11.2. The van der Waals surface area contributed by atoms with E-state index in [-0.39, 0.29) is 17.9 Å². The van der Waals surface area contributed by atoms with Crippen molar-refractivity contribution in [2.24, 2.45) is 16.3 Å². The van der Waals surface area contributed by atoms with Crippen molar-refractivity contribution in [3.63, 3.8) is 0 Å². The number of carbonyl (C=O) groups is 1. The number of amides is 1. The van der Waals surface area contributed by atoms with Gasteiger partial charge in [0.05, 0.1) is 12.7 Å². The van der Waals surface area contributed by atoms with E-state index in [0.717, 1.165) is 41.1 Å². The number of rotatable bonds is 7. The number of hydrogen-bond acceptors (Lipinski definition) is 6. The molecule has 0 bridgehead atoms. The first-order valence-electron chi connectivity index (χ1n) is 12.4. The summed E-state index contributed by atoms with van der Waals surface area (Å²) in [6.45, 7) is 8.70. The largest absolute Gasteiger partial charge is 0.493 e. The number of carbonyl (C=O) groups excluding carboxylic acids is 1. The smallest absolute Gasteiger partial charge is 0.262 e. The summed E-state index contributed by atoms with van der Waals surface area (Å²) in [5.74, 6) is 1.33. The van der Waals surface area contributed by atoms with Crippen LogP contribution in [0.4, 0.5) is 10.7 Å². The third kappa shape index (κ3) is 6.39. The first-order valence-corrected chi connectivity index (χ1v) is 13.3. The van der Waals surface area contributed by atoms with Gasteiger partial charge in [0.2, 0.25) is 0 Å². The fourth-order valence-corrected chi connectivity index (χ4v) is 5.82. The first kappa shape index (κ1) is 26.4. The van der Waals surface area contributed by atoms with Crippen LogP contribution in [0.3, 0.4) is 0 Å². The lowest BCUT2D eigenvalue weighted by atomic mass is 9.72. The normalized spacial score (nSPS) is 15.2. The van der Waals surface area contributed by atoms with Gasteiger partial charge in [0.25, 0.3) is 5.91 Å². The average molecular weight is 516 g/mol. The summed E-state index contributed by atoms with van der Waals surface area (Å²) in [6, 6.07) is 15.4. The van der Waals surface area contributed by atoms with Crippen molar-refractivity contribution in [1.82, 2.24) is 0 Å². The highest BCUT2D eigenvalue weighted by atomic mass is 32.1. The topological polar surface area (TPSA) is 83.7 Å². The average Bonchev–Trinajstić information content (AvgIpc) is 3.22. The van der Waals surface area contributed by atoms with Gasteiger partial charge in [-0.25, -0.2) is 4.99 Å².